The molecule has 4 rings (SSSR count). The van der Waals surface area contributed by atoms with Crippen molar-refractivity contribution in [2.75, 3.05) is 13.1 Å². The number of imidazole rings is 1. The second-order valence-corrected chi connectivity index (χ2v) is 9.88. The molecule has 7 heteroatoms. The number of fused-ring (bicyclic) bond motifs is 2. The predicted octanol–water partition coefficient (Wildman–Crippen LogP) is 3.11. The van der Waals surface area contributed by atoms with Crippen LogP contribution in [-0.4, -0.2) is 45.0 Å². The van der Waals surface area contributed by atoms with E-state index in [1.807, 2.05) is 70.5 Å². The van der Waals surface area contributed by atoms with E-state index in [1.165, 1.54) is 0 Å². The molecule has 1 N–H and O–H groups in total. The van der Waals surface area contributed by atoms with Crippen LogP contribution in [0.5, 0.6) is 0 Å². The van der Waals surface area contributed by atoms with Crippen molar-refractivity contribution in [3.63, 3.8) is 0 Å². The molecule has 7 nitrogen and oxygen atoms in total. The van der Waals surface area contributed by atoms with Gasteiger partial charge in [-0.15, -0.1) is 0 Å². The van der Waals surface area contributed by atoms with Crippen molar-refractivity contribution in [1.82, 2.24) is 19.6 Å². The third-order valence-corrected chi connectivity index (χ3v) is 5.96. The SMILES string of the molecule is Cc1cccn2c(C(C)(C)NC(=O)[C@@H]3C4CN(C(=O)OC(C)(C)C)C[C@H]43)cnc12. The Morgan fingerprint density at radius 3 is 2.45 bits per heavy atom. The summed E-state index contributed by atoms with van der Waals surface area (Å²) in [4.78, 5) is 31.4. The highest BCUT2D eigenvalue weighted by Crippen LogP contribution is 2.52. The van der Waals surface area contributed by atoms with Crippen LogP contribution in [0.3, 0.4) is 0 Å². The number of amides is 2. The van der Waals surface area contributed by atoms with Crippen molar-refractivity contribution in [1.29, 1.82) is 0 Å². The van der Waals surface area contributed by atoms with Gasteiger partial charge < -0.3 is 19.4 Å². The van der Waals surface area contributed by atoms with Crippen LogP contribution in [-0.2, 0) is 15.1 Å². The zero-order valence-electron chi connectivity index (χ0n) is 18.0. The third-order valence-electron chi connectivity index (χ3n) is 5.96. The highest BCUT2D eigenvalue weighted by Gasteiger charge is 2.61. The number of nitrogens with one attached hydrogen (secondary N) is 1. The quantitative estimate of drug-likeness (QED) is 0.862. The number of hydrogen-bond acceptors (Lipinski definition) is 4. The largest absolute Gasteiger partial charge is 0.444 e. The maximum atomic E-state index is 13.0. The molecule has 2 aromatic rings. The van der Waals surface area contributed by atoms with Crippen molar-refractivity contribution in [3.8, 4) is 0 Å². The van der Waals surface area contributed by atoms with Gasteiger partial charge in [0.2, 0.25) is 5.91 Å². The normalized spacial score (nSPS) is 23.8. The fraction of sp³-hybridized carbons (Fsp3) is 0.591. The van der Waals surface area contributed by atoms with E-state index in [9.17, 15) is 9.59 Å². The van der Waals surface area contributed by atoms with Gasteiger partial charge in [0, 0.05) is 25.2 Å². The first-order chi connectivity index (χ1) is 13.5. The minimum Gasteiger partial charge on any atom is -0.444 e. The minimum atomic E-state index is -0.550. The molecule has 2 aromatic heterocycles. The van der Waals surface area contributed by atoms with Gasteiger partial charge in [0.05, 0.1) is 17.4 Å². The number of ether oxygens (including phenoxy) is 1. The average Bonchev–Trinajstić information content (AvgIpc) is 2.96. The number of piperidine rings is 1. The number of likely N-dealkylation sites (tertiary alicyclic amines) is 1. The summed E-state index contributed by atoms with van der Waals surface area (Å²) in [6, 6.07) is 4.02. The van der Waals surface area contributed by atoms with Gasteiger partial charge in [-0.3, -0.25) is 4.79 Å². The number of carbonyl (C=O) groups is 2. The summed E-state index contributed by atoms with van der Waals surface area (Å²) < 4.78 is 7.48. The molecule has 0 radical (unpaired) electrons. The maximum Gasteiger partial charge on any atom is 0.410 e. The number of nitrogens with zero attached hydrogens (tertiary/aromatic N) is 3. The molecule has 0 spiro atoms. The van der Waals surface area contributed by atoms with Gasteiger partial charge in [0.25, 0.3) is 0 Å². The fourth-order valence-corrected chi connectivity index (χ4v) is 4.46. The van der Waals surface area contributed by atoms with E-state index in [0.29, 0.717) is 13.1 Å². The second kappa shape index (κ2) is 6.47. The van der Waals surface area contributed by atoms with Gasteiger partial charge >= 0.3 is 6.09 Å². The van der Waals surface area contributed by atoms with Crippen LogP contribution in [0, 0.1) is 24.7 Å². The Labute approximate surface area is 171 Å². The monoisotopic (exact) mass is 398 g/mol. The highest BCUT2D eigenvalue weighted by atomic mass is 16.6. The van der Waals surface area contributed by atoms with E-state index in [2.05, 4.69) is 10.3 Å². The minimum absolute atomic E-state index is 0.0334. The average molecular weight is 399 g/mol. The molecule has 1 unspecified atom stereocenters. The van der Waals surface area contributed by atoms with E-state index < -0.39 is 11.1 Å². The third kappa shape index (κ3) is 3.58. The van der Waals surface area contributed by atoms with Crippen molar-refractivity contribution >= 4 is 17.6 Å². The summed E-state index contributed by atoms with van der Waals surface area (Å²) in [6.07, 6.45) is 3.52. The molecule has 0 bridgehead atoms. The molecule has 1 saturated heterocycles. The number of pyridine rings is 1. The number of aromatic nitrogens is 2. The summed E-state index contributed by atoms with van der Waals surface area (Å²) in [5.74, 6) is 0.468. The van der Waals surface area contributed by atoms with Crippen LogP contribution in [0.15, 0.2) is 24.5 Å². The molecule has 2 amide bonds. The van der Waals surface area contributed by atoms with Crippen molar-refractivity contribution < 1.29 is 14.3 Å². The first kappa shape index (κ1) is 19.7. The van der Waals surface area contributed by atoms with E-state index in [4.69, 9.17) is 4.74 Å². The molecular formula is C22H30N4O3. The first-order valence-electron chi connectivity index (χ1n) is 10.2. The Morgan fingerprint density at radius 2 is 1.83 bits per heavy atom. The summed E-state index contributed by atoms with van der Waals surface area (Å²) in [5.41, 5.74) is 1.90. The standard InChI is InChI=1S/C22H30N4O3/c1-13-8-7-9-26-16(10-23-18(13)26)22(5,6)24-19(27)17-14-11-25(12-15(14)17)20(28)29-21(2,3)4/h7-10,14-15,17H,11-12H2,1-6H3,(H,24,27)/t14-,15?,17+/m1/s1. The van der Waals surface area contributed by atoms with Crippen molar-refractivity contribution in [2.45, 2.75) is 52.7 Å². The molecule has 1 aliphatic carbocycles. The summed E-state index contributed by atoms with van der Waals surface area (Å²) in [6.45, 7) is 12.8. The van der Waals surface area contributed by atoms with Gasteiger partial charge in [-0.05, 0) is 65.0 Å². The van der Waals surface area contributed by atoms with Crippen LogP contribution >= 0.6 is 0 Å². The Balaban J connectivity index is 1.40. The van der Waals surface area contributed by atoms with Crippen LogP contribution in [0.2, 0.25) is 0 Å². The molecule has 1 aliphatic heterocycles. The highest BCUT2D eigenvalue weighted by molar-refractivity contribution is 5.84. The van der Waals surface area contributed by atoms with Crippen molar-refractivity contribution in [2.24, 2.45) is 17.8 Å². The Kier molecular flexibility index (Phi) is 4.40. The number of carbonyl (C=O) groups excluding carboxylic acids is 2. The molecule has 2 aliphatic rings. The molecule has 2 fully saturated rings. The summed E-state index contributed by atoms with van der Waals surface area (Å²) in [7, 11) is 0. The molecule has 156 valence electrons. The second-order valence-electron chi connectivity index (χ2n) is 9.88. The van der Waals surface area contributed by atoms with E-state index >= 15 is 0 Å². The van der Waals surface area contributed by atoms with E-state index in [1.54, 1.807) is 4.90 Å². The topological polar surface area (TPSA) is 75.9 Å². The van der Waals surface area contributed by atoms with Crippen LogP contribution in [0.25, 0.3) is 5.65 Å². The number of rotatable bonds is 3. The molecule has 3 atom stereocenters. The van der Waals surface area contributed by atoms with Crippen molar-refractivity contribution in [3.05, 3.63) is 35.8 Å². The Bertz CT molecular complexity index is 960. The first-order valence-corrected chi connectivity index (χ1v) is 10.2. The maximum absolute atomic E-state index is 13.0. The van der Waals surface area contributed by atoms with Gasteiger partial charge in [-0.25, -0.2) is 9.78 Å². The van der Waals surface area contributed by atoms with E-state index in [0.717, 1.165) is 16.9 Å². The lowest BCUT2D eigenvalue weighted by Gasteiger charge is -2.28. The summed E-state index contributed by atoms with van der Waals surface area (Å²) in [5, 5.41) is 3.21. The zero-order chi connectivity index (χ0) is 21.1. The van der Waals surface area contributed by atoms with Gasteiger partial charge in [-0.1, -0.05) is 6.07 Å². The zero-order valence-corrected chi connectivity index (χ0v) is 18.0. The molecular weight excluding hydrogens is 368 g/mol. The van der Waals surface area contributed by atoms with Gasteiger partial charge in [-0.2, -0.15) is 0 Å². The van der Waals surface area contributed by atoms with Gasteiger partial charge in [0.15, 0.2) is 0 Å². The molecule has 29 heavy (non-hydrogen) atoms. The Hall–Kier alpha value is -2.57. The fourth-order valence-electron chi connectivity index (χ4n) is 4.46. The molecule has 0 aromatic carbocycles. The summed E-state index contributed by atoms with van der Waals surface area (Å²) >= 11 is 0. The lowest BCUT2D eigenvalue weighted by molar-refractivity contribution is -0.125. The Morgan fingerprint density at radius 1 is 1.17 bits per heavy atom. The van der Waals surface area contributed by atoms with Crippen LogP contribution < -0.4 is 5.32 Å². The smallest absolute Gasteiger partial charge is 0.410 e. The number of aryl methyl sites for hydroxylation is 1. The lowest BCUT2D eigenvalue weighted by atomic mass is 10.0. The molecule has 1 saturated carbocycles. The van der Waals surface area contributed by atoms with Crippen LogP contribution in [0.1, 0.15) is 45.9 Å². The lowest BCUT2D eigenvalue weighted by Crippen LogP contribution is -2.44. The van der Waals surface area contributed by atoms with E-state index in [-0.39, 0.29) is 29.8 Å². The van der Waals surface area contributed by atoms with Gasteiger partial charge in [0.1, 0.15) is 11.2 Å². The number of hydrogen-bond donors (Lipinski definition) is 1. The predicted molar refractivity (Wildman–Crippen MR) is 109 cm³/mol. The molecule has 3 heterocycles. The van der Waals surface area contributed by atoms with Crippen LogP contribution in [0.4, 0.5) is 4.79 Å².